The highest BCUT2D eigenvalue weighted by Crippen LogP contribution is 2.37. The fourth-order valence-electron chi connectivity index (χ4n) is 4.25. The summed E-state index contributed by atoms with van der Waals surface area (Å²) < 4.78 is 69.3. The van der Waals surface area contributed by atoms with Crippen molar-refractivity contribution < 1.29 is 31.2 Å². The number of sulfonamides is 1. The van der Waals surface area contributed by atoms with Crippen LogP contribution in [0.2, 0.25) is 5.02 Å². The minimum atomic E-state index is -4.80. The van der Waals surface area contributed by atoms with Gasteiger partial charge in [-0.3, -0.25) is 13.9 Å². The van der Waals surface area contributed by atoms with Crippen molar-refractivity contribution in [3.63, 3.8) is 0 Å². The Morgan fingerprint density at radius 3 is 2.07 bits per heavy atom. The number of amides is 2. The van der Waals surface area contributed by atoms with Crippen molar-refractivity contribution >= 4 is 39.1 Å². The van der Waals surface area contributed by atoms with Crippen LogP contribution in [-0.4, -0.2) is 43.8 Å². The van der Waals surface area contributed by atoms with Crippen LogP contribution in [0.4, 0.5) is 18.9 Å². The van der Waals surface area contributed by atoms with Crippen LogP contribution >= 0.6 is 11.6 Å². The third-order valence-electron chi connectivity index (χ3n) is 6.73. The molecule has 2 amide bonds. The number of carbonyl (C=O) groups excluding carboxylic acids is 2. The van der Waals surface area contributed by atoms with Crippen LogP contribution in [-0.2, 0) is 32.3 Å². The molecule has 0 radical (unpaired) electrons. The second-order valence-corrected chi connectivity index (χ2v) is 12.0. The molecule has 0 fully saturated rings. The van der Waals surface area contributed by atoms with Crippen molar-refractivity contribution in [2.75, 3.05) is 10.8 Å². The van der Waals surface area contributed by atoms with Gasteiger partial charge < -0.3 is 10.2 Å². The molecule has 7 nitrogen and oxygen atoms in total. The van der Waals surface area contributed by atoms with Gasteiger partial charge in [0.25, 0.3) is 10.0 Å². The lowest BCUT2D eigenvalue weighted by atomic mass is 10.1. The minimum Gasteiger partial charge on any atom is -0.352 e. The van der Waals surface area contributed by atoms with Gasteiger partial charge in [0.15, 0.2) is 0 Å². The van der Waals surface area contributed by atoms with Crippen LogP contribution in [0, 0.1) is 0 Å². The predicted molar refractivity (Wildman–Crippen MR) is 156 cm³/mol. The van der Waals surface area contributed by atoms with Gasteiger partial charge in [-0.2, -0.15) is 13.2 Å². The van der Waals surface area contributed by atoms with Gasteiger partial charge in [-0.25, -0.2) is 8.42 Å². The van der Waals surface area contributed by atoms with Crippen LogP contribution in [0.25, 0.3) is 0 Å². The minimum absolute atomic E-state index is 0.0400. The molecule has 0 aliphatic heterocycles. The van der Waals surface area contributed by atoms with Gasteiger partial charge in [0.2, 0.25) is 11.8 Å². The van der Waals surface area contributed by atoms with E-state index in [-0.39, 0.29) is 28.9 Å². The average molecular weight is 624 g/mol. The van der Waals surface area contributed by atoms with Crippen molar-refractivity contribution in [2.45, 2.75) is 63.3 Å². The summed E-state index contributed by atoms with van der Waals surface area (Å²) in [6, 6.07) is 16.9. The summed E-state index contributed by atoms with van der Waals surface area (Å²) in [6.45, 7) is 4.48. The quantitative estimate of drug-likeness (QED) is 0.257. The molecule has 3 rings (SSSR count). The molecule has 0 unspecified atom stereocenters. The average Bonchev–Trinajstić information content (AvgIpc) is 2.96. The molecule has 0 bridgehead atoms. The monoisotopic (exact) mass is 623 g/mol. The SMILES string of the molecule is CC[C@H](C(=O)N[C@@H](C)CC)N(Cc1ccccc1)C(=O)CN(c1cc(C(F)(F)F)ccc1Cl)S(=O)(=O)c1ccccc1. The van der Waals surface area contributed by atoms with Crippen LogP contribution in [0.5, 0.6) is 0 Å². The molecular weight excluding hydrogens is 591 g/mol. The number of hydrogen-bond acceptors (Lipinski definition) is 4. The Labute approximate surface area is 249 Å². The fraction of sp³-hybridized carbons (Fsp3) is 0.333. The zero-order valence-electron chi connectivity index (χ0n) is 23.4. The van der Waals surface area contributed by atoms with E-state index in [1.165, 1.54) is 29.2 Å². The van der Waals surface area contributed by atoms with E-state index in [9.17, 15) is 31.2 Å². The molecule has 12 heteroatoms. The molecule has 0 saturated carbocycles. The lowest BCUT2D eigenvalue weighted by Crippen LogP contribution is -2.53. The molecule has 3 aromatic rings. The third kappa shape index (κ3) is 8.04. The van der Waals surface area contributed by atoms with Crippen molar-refractivity contribution in [3.8, 4) is 0 Å². The normalized spacial score (nSPS) is 13.2. The summed E-state index contributed by atoms with van der Waals surface area (Å²) in [5.74, 6) is -1.22. The number of halogens is 4. The van der Waals surface area contributed by atoms with E-state index >= 15 is 0 Å². The molecule has 0 spiro atoms. The van der Waals surface area contributed by atoms with E-state index in [4.69, 9.17) is 11.6 Å². The van der Waals surface area contributed by atoms with Crippen molar-refractivity contribution in [2.24, 2.45) is 0 Å². The first-order chi connectivity index (χ1) is 19.8. The van der Waals surface area contributed by atoms with Crippen LogP contribution < -0.4 is 9.62 Å². The first-order valence-corrected chi connectivity index (χ1v) is 15.2. The lowest BCUT2D eigenvalue weighted by molar-refractivity contribution is -0.140. The largest absolute Gasteiger partial charge is 0.416 e. The Kier molecular flexibility index (Phi) is 11.0. The number of anilines is 1. The zero-order valence-corrected chi connectivity index (χ0v) is 25.0. The van der Waals surface area contributed by atoms with Crippen LogP contribution in [0.15, 0.2) is 83.8 Å². The van der Waals surface area contributed by atoms with E-state index in [0.717, 1.165) is 12.1 Å². The molecule has 0 heterocycles. The van der Waals surface area contributed by atoms with Gasteiger partial charge in [-0.15, -0.1) is 0 Å². The van der Waals surface area contributed by atoms with E-state index in [0.29, 0.717) is 22.4 Å². The molecule has 0 aromatic heterocycles. The Bertz CT molecular complexity index is 1470. The van der Waals surface area contributed by atoms with Gasteiger partial charge >= 0.3 is 6.18 Å². The smallest absolute Gasteiger partial charge is 0.352 e. The molecule has 0 aliphatic carbocycles. The number of hydrogen-bond donors (Lipinski definition) is 1. The van der Waals surface area contributed by atoms with Gasteiger partial charge in [0.05, 0.1) is 21.2 Å². The first-order valence-electron chi connectivity index (χ1n) is 13.4. The van der Waals surface area contributed by atoms with Gasteiger partial charge in [0, 0.05) is 12.6 Å². The number of nitrogens with zero attached hydrogens (tertiary/aromatic N) is 2. The Balaban J connectivity index is 2.14. The number of carbonyl (C=O) groups is 2. The summed E-state index contributed by atoms with van der Waals surface area (Å²) in [6.07, 6.45) is -3.95. The van der Waals surface area contributed by atoms with Gasteiger partial charge in [-0.05, 0) is 55.7 Å². The van der Waals surface area contributed by atoms with Gasteiger partial charge in [0.1, 0.15) is 12.6 Å². The van der Waals surface area contributed by atoms with E-state index < -0.39 is 51.9 Å². The molecule has 3 aromatic carbocycles. The zero-order chi connectivity index (χ0) is 31.1. The summed E-state index contributed by atoms with van der Waals surface area (Å²) >= 11 is 6.28. The number of nitrogens with one attached hydrogen (secondary N) is 1. The third-order valence-corrected chi connectivity index (χ3v) is 8.83. The second-order valence-electron chi connectivity index (χ2n) is 9.74. The molecule has 226 valence electrons. The van der Waals surface area contributed by atoms with Crippen molar-refractivity contribution in [1.82, 2.24) is 10.2 Å². The summed E-state index contributed by atoms with van der Waals surface area (Å²) in [4.78, 5) is 28.3. The second kappa shape index (κ2) is 14.1. The summed E-state index contributed by atoms with van der Waals surface area (Å²) in [5, 5.41) is 2.57. The van der Waals surface area contributed by atoms with Crippen LogP contribution in [0.3, 0.4) is 0 Å². The molecule has 2 atom stereocenters. The number of benzene rings is 3. The number of alkyl halides is 3. The maximum atomic E-state index is 14.0. The number of rotatable bonds is 12. The predicted octanol–water partition coefficient (Wildman–Crippen LogP) is 6.28. The maximum absolute atomic E-state index is 14.0. The van der Waals surface area contributed by atoms with Crippen molar-refractivity contribution in [1.29, 1.82) is 0 Å². The fourth-order valence-corrected chi connectivity index (χ4v) is 5.97. The van der Waals surface area contributed by atoms with E-state index in [2.05, 4.69) is 5.32 Å². The molecule has 0 saturated heterocycles. The summed E-state index contributed by atoms with van der Waals surface area (Å²) in [5.41, 5.74) is -0.973. The van der Waals surface area contributed by atoms with Crippen molar-refractivity contribution in [3.05, 3.63) is 95.0 Å². The lowest BCUT2D eigenvalue weighted by Gasteiger charge is -2.34. The standard InChI is InChI=1S/C30H33ClF3N3O4S/c1-4-21(3)35-29(39)26(5-2)36(19-22-12-8-6-9-13-22)28(38)20-37(42(40,41)24-14-10-7-11-15-24)27-18-23(30(32,33)34)16-17-25(27)31/h6-18,21,26H,4-5,19-20H2,1-3H3,(H,35,39)/t21-,26+/m0/s1. The van der Waals surface area contributed by atoms with Crippen LogP contribution in [0.1, 0.15) is 44.7 Å². The highest BCUT2D eigenvalue weighted by atomic mass is 35.5. The Morgan fingerprint density at radius 2 is 1.52 bits per heavy atom. The molecule has 1 N–H and O–H groups in total. The maximum Gasteiger partial charge on any atom is 0.416 e. The highest BCUT2D eigenvalue weighted by molar-refractivity contribution is 7.92. The van der Waals surface area contributed by atoms with E-state index in [1.807, 2.05) is 13.8 Å². The van der Waals surface area contributed by atoms with Gasteiger partial charge in [-0.1, -0.05) is 74.0 Å². The Morgan fingerprint density at radius 1 is 0.929 bits per heavy atom. The Hall–Kier alpha value is -3.57. The van der Waals surface area contributed by atoms with E-state index in [1.54, 1.807) is 43.3 Å². The first kappa shape index (κ1) is 32.9. The topological polar surface area (TPSA) is 86.8 Å². The summed E-state index contributed by atoms with van der Waals surface area (Å²) in [7, 11) is -4.58. The molecule has 42 heavy (non-hydrogen) atoms. The highest BCUT2D eigenvalue weighted by Gasteiger charge is 2.37. The molecule has 0 aliphatic rings. The molecular formula is C30H33ClF3N3O4S.